The van der Waals surface area contributed by atoms with Gasteiger partial charge in [-0.15, -0.1) is 0 Å². The zero-order chi connectivity index (χ0) is 26.6. The molecule has 1 aromatic heterocycles. The Balaban J connectivity index is 1.94. The second kappa shape index (κ2) is 19.8. The van der Waals surface area contributed by atoms with Gasteiger partial charge >= 0.3 is 6.01 Å². The van der Waals surface area contributed by atoms with Gasteiger partial charge in [-0.05, 0) is 38.1 Å². The molecule has 0 bridgehead atoms. The molecule has 1 heterocycles. The van der Waals surface area contributed by atoms with Crippen molar-refractivity contribution in [2.75, 3.05) is 20.2 Å². The lowest BCUT2D eigenvalue weighted by Crippen LogP contribution is -2.27. The van der Waals surface area contributed by atoms with E-state index in [2.05, 4.69) is 28.7 Å². The zero-order valence-corrected chi connectivity index (χ0v) is 23.9. The molecule has 0 aliphatic rings. The van der Waals surface area contributed by atoms with Crippen molar-refractivity contribution >= 4 is 0 Å². The Morgan fingerprint density at radius 1 is 0.676 bits per heavy atom. The molecular formula is C31H52N4O2. The summed E-state index contributed by atoms with van der Waals surface area (Å²) in [5.41, 5.74) is 0.599. The quantitative estimate of drug-likeness (QED) is 0.160. The van der Waals surface area contributed by atoms with Crippen molar-refractivity contribution in [3.63, 3.8) is 0 Å². The predicted molar refractivity (Wildman–Crippen MR) is 154 cm³/mol. The fourth-order valence-corrected chi connectivity index (χ4v) is 4.75. The van der Waals surface area contributed by atoms with Crippen LogP contribution in [0.1, 0.15) is 122 Å². The van der Waals surface area contributed by atoms with Crippen molar-refractivity contribution in [3.05, 3.63) is 30.1 Å². The van der Waals surface area contributed by atoms with Gasteiger partial charge in [-0.25, -0.2) is 4.98 Å². The molecule has 1 aromatic carbocycles. The maximum absolute atomic E-state index is 10.3. The average Bonchev–Trinajstić information content (AvgIpc) is 2.91. The first kappa shape index (κ1) is 31.0. The van der Waals surface area contributed by atoms with Gasteiger partial charge in [0.1, 0.15) is 5.75 Å². The molecule has 6 nitrogen and oxygen atoms in total. The number of ether oxygens (including phenoxy) is 1. The highest BCUT2D eigenvalue weighted by Crippen LogP contribution is 2.26. The van der Waals surface area contributed by atoms with Crippen molar-refractivity contribution in [1.29, 1.82) is 0 Å². The molecule has 0 fully saturated rings. The molecule has 6 heteroatoms. The molecule has 0 spiro atoms. The van der Waals surface area contributed by atoms with Gasteiger partial charge in [-0.2, -0.15) is 9.97 Å². The second-order valence-electron chi connectivity index (χ2n) is 10.3. The molecule has 208 valence electrons. The second-order valence-corrected chi connectivity index (χ2v) is 10.3. The van der Waals surface area contributed by atoms with Crippen molar-refractivity contribution in [2.24, 2.45) is 0 Å². The topological polar surface area (TPSA) is 71.4 Å². The maximum atomic E-state index is 10.3. The molecular weight excluding hydrogens is 460 g/mol. The molecule has 0 aliphatic heterocycles. The van der Waals surface area contributed by atoms with E-state index in [9.17, 15) is 5.11 Å². The lowest BCUT2D eigenvalue weighted by molar-refractivity contribution is 0.244. The van der Waals surface area contributed by atoms with Gasteiger partial charge in [0.2, 0.25) is 0 Å². The Bertz CT molecular complexity index is 826. The van der Waals surface area contributed by atoms with Crippen LogP contribution in [0.15, 0.2) is 24.3 Å². The van der Waals surface area contributed by atoms with Crippen LogP contribution in [-0.4, -0.2) is 45.2 Å². The summed E-state index contributed by atoms with van der Waals surface area (Å²) in [5, 5.41) is 10.3. The summed E-state index contributed by atoms with van der Waals surface area (Å²) in [4.78, 5) is 16.2. The van der Waals surface area contributed by atoms with Crippen LogP contribution in [0, 0.1) is 0 Å². The molecule has 0 saturated carbocycles. The van der Waals surface area contributed by atoms with Gasteiger partial charge in [0.25, 0.3) is 0 Å². The Labute approximate surface area is 226 Å². The van der Waals surface area contributed by atoms with E-state index in [4.69, 9.17) is 9.72 Å². The minimum Gasteiger partial charge on any atom is -0.507 e. The molecule has 0 atom stereocenters. The fraction of sp³-hybridized carbons (Fsp3) is 0.710. The van der Waals surface area contributed by atoms with E-state index in [0.717, 1.165) is 13.1 Å². The van der Waals surface area contributed by atoms with E-state index in [0.29, 0.717) is 29.8 Å². The Hall–Kier alpha value is -2.21. The van der Waals surface area contributed by atoms with Gasteiger partial charge in [-0.1, -0.05) is 116 Å². The highest BCUT2D eigenvalue weighted by Gasteiger charge is 2.15. The molecule has 1 N–H and O–H groups in total. The molecule has 0 amide bonds. The third-order valence-electron chi connectivity index (χ3n) is 7.01. The number of aromatic nitrogens is 3. The summed E-state index contributed by atoms with van der Waals surface area (Å²) in [5.74, 6) is 1.32. The number of phenolic OH excluding ortho intramolecular Hbond substituents is 1. The van der Waals surface area contributed by atoms with E-state index in [1.807, 2.05) is 12.1 Å². The SMILES string of the molecule is CCCCCCCCCCN(CCCCCCCCCC)Cc1nc(OC)nc(-c2ccccc2O)n1. The number of para-hydroxylation sites is 1. The smallest absolute Gasteiger partial charge is 0.319 e. The molecule has 0 aliphatic carbocycles. The minimum absolute atomic E-state index is 0.163. The molecule has 0 unspecified atom stereocenters. The number of unbranched alkanes of at least 4 members (excludes halogenated alkanes) is 14. The summed E-state index contributed by atoms with van der Waals surface area (Å²) in [7, 11) is 1.58. The van der Waals surface area contributed by atoms with Gasteiger partial charge < -0.3 is 9.84 Å². The van der Waals surface area contributed by atoms with Crippen LogP contribution in [0.25, 0.3) is 11.4 Å². The van der Waals surface area contributed by atoms with Crippen molar-refractivity contribution in [1.82, 2.24) is 19.9 Å². The first-order valence-corrected chi connectivity index (χ1v) is 15.0. The van der Waals surface area contributed by atoms with Crippen LogP contribution in [-0.2, 0) is 6.54 Å². The van der Waals surface area contributed by atoms with E-state index in [-0.39, 0.29) is 5.75 Å². The van der Waals surface area contributed by atoms with Crippen LogP contribution in [0.2, 0.25) is 0 Å². The average molecular weight is 513 g/mol. The number of benzene rings is 1. The van der Waals surface area contributed by atoms with Crippen LogP contribution in [0.4, 0.5) is 0 Å². The fourth-order valence-electron chi connectivity index (χ4n) is 4.75. The van der Waals surface area contributed by atoms with E-state index >= 15 is 0 Å². The molecule has 37 heavy (non-hydrogen) atoms. The summed E-state index contributed by atoms with van der Waals surface area (Å²) < 4.78 is 5.38. The predicted octanol–water partition coefficient (Wildman–Crippen LogP) is 8.34. The Morgan fingerprint density at radius 3 is 1.70 bits per heavy atom. The summed E-state index contributed by atoms with van der Waals surface area (Å²) in [6.45, 7) is 7.34. The number of methoxy groups -OCH3 is 1. The third kappa shape index (κ3) is 13.2. The highest BCUT2D eigenvalue weighted by atomic mass is 16.5. The zero-order valence-electron chi connectivity index (χ0n) is 23.9. The Morgan fingerprint density at radius 2 is 1.19 bits per heavy atom. The number of hydrogen-bond acceptors (Lipinski definition) is 6. The number of aromatic hydroxyl groups is 1. The Kier molecular flexibility index (Phi) is 16.6. The van der Waals surface area contributed by atoms with Gasteiger partial charge in [0, 0.05) is 0 Å². The minimum atomic E-state index is 0.163. The van der Waals surface area contributed by atoms with Crippen LogP contribution in [0.5, 0.6) is 11.8 Å². The number of phenols is 1. The van der Waals surface area contributed by atoms with Crippen molar-refractivity contribution in [2.45, 2.75) is 123 Å². The highest BCUT2D eigenvalue weighted by molar-refractivity contribution is 5.63. The van der Waals surface area contributed by atoms with Crippen LogP contribution in [0.3, 0.4) is 0 Å². The first-order chi connectivity index (χ1) is 18.2. The third-order valence-corrected chi connectivity index (χ3v) is 7.01. The first-order valence-electron chi connectivity index (χ1n) is 15.0. The molecule has 2 aromatic rings. The lowest BCUT2D eigenvalue weighted by Gasteiger charge is -2.22. The van der Waals surface area contributed by atoms with Crippen LogP contribution >= 0.6 is 0 Å². The van der Waals surface area contributed by atoms with Crippen molar-refractivity contribution < 1.29 is 9.84 Å². The summed E-state index contributed by atoms with van der Waals surface area (Å²) in [6, 6.07) is 7.45. The van der Waals surface area contributed by atoms with E-state index in [1.54, 1.807) is 19.2 Å². The lowest BCUT2D eigenvalue weighted by atomic mass is 10.1. The summed E-state index contributed by atoms with van der Waals surface area (Å²) in [6.07, 6.45) is 21.2. The van der Waals surface area contributed by atoms with Gasteiger partial charge in [-0.3, -0.25) is 4.90 Å². The van der Waals surface area contributed by atoms with E-state index in [1.165, 1.54) is 103 Å². The van der Waals surface area contributed by atoms with Crippen LogP contribution < -0.4 is 4.74 Å². The maximum Gasteiger partial charge on any atom is 0.319 e. The monoisotopic (exact) mass is 512 g/mol. The van der Waals surface area contributed by atoms with Crippen molar-refractivity contribution in [3.8, 4) is 23.1 Å². The number of hydrogen-bond donors (Lipinski definition) is 1. The summed E-state index contributed by atoms with van der Waals surface area (Å²) >= 11 is 0. The van der Waals surface area contributed by atoms with Gasteiger partial charge in [0.15, 0.2) is 11.6 Å². The molecule has 2 rings (SSSR count). The number of nitrogens with zero attached hydrogens (tertiary/aromatic N) is 4. The van der Waals surface area contributed by atoms with E-state index < -0.39 is 0 Å². The van der Waals surface area contributed by atoms with Gasteiger partial charge in [0.05, 0.1) is 19.2 Å². The largest absolute Gasteiger partial charge is 0.507 e. The molecule has 0 saturated heterocycles. The normalized spacial score (nSPS) is 11.4. The standard InChI is InChI=1S/C31H52N4O2/c1-4-6-8-10-12-14-16-20-24-35(25-21-17-15-13-11-9-7-5-2)26-29-32-30(34-31(33-29)37-3)27-22-18-19-23-28(27)36/h18-19,22-23,36H,4-17,20-21,24-26H2,1-3H3. The number of rotatable bonds is 22. The molecule has 0 radical (unpaired) electrons.